The Kier molecular flexibility index (Phi) is 6.25. The van der Waals surface area contributed by atoms with Crippen molar-refractivity contribution < 1.29 is 17.9 Å². The number of benzene rings is 1. The van der Waals surface area contributed by atoms with Crippen LogP contribution in [-0.2, 0) is 21.3 Å². The van der Waals surface area contributed by atoms with E-state index in [-0.39, 0.29) is 11.4 Å². The average molecular weight is 392 g/mol. The van der Waals surface area contributed by atoms with E-state index in [2.05, 4.69) is 14.7 Å². The van der Waals surface area contributed by atoms with Gasteiger partial charge in [0.25, 0.3) is 0 Å². The van der Waals surface area contributed by atoms with Gasteiger partial charge in [-0.25, -0.2) is 23.1 Å². The van der Waals surface area contributed by atoms with Gasteiger partial charge in [-0.15, -0.1) is 0 Å². The molecule has 146 valence electrons. The number of sulfonamides is 1. The highest BCUT2D eigenvalue weighted by molar-refractivity contribution is 7.89. The Morgan fingerprint density at radius 3 is 2.74 bits per heavy atom. The summed E-state index contributed by atoms with van der Waals surface area (Å²) in [5.41, 5.74) is 1.38. The third kappa shape index (κ3) is 4.94. The summed E-state index contributed by atoms with van der Waals surface area (Å²) in [5.74, 6) is 1.27. The van der Waals surface area contributed by atoms with Crippen LogP contribution < -0.4 is 14.4 Å². The number of nitrogens with zero attached hydrogens (tertiary/aromatic N) is 3. The van der Waals surface area contributed by atoms with Crippen molar-refractivity contribution in [1.82, 2.24) is 14.7 Å². The predicted octanol–water partition coefficient (Wildman–Crippen LogP) is 1.50. The normalized spacial score (nSPS) is 15.0. The highest BCUT2D eigenvalue weighted by Gasteiger charge is 2.17. The first-order chi connectivity index (χ1) is 13.0. The smallest absolute Gasteiger partial charge is 0.240 e. The van der Waals surface area contributed by atoms with E-state index in [0.29, 0.717) is 37.2 Å². The van der Waals surface area contributed by atoms with Gasteiger partial charge >= 0.3 is 0 Å². The van der Waals surface area contributed by atoms with Crippen molar-refractivity contribution in [3.63, 3.8) is 0 Å². The van der Waals surface area contributed by atoms with Gasteiger partial charge in [-0.3, -0.25) is 0 Å². The monoisotopic (exact) mass is 392 g/mol. The van der Waals surface area contributed by atoms with Gasteiger partial charge in [0.05, 0.1) is 37.0 Å². The molecule has 0 aliphatic carbocycles. The number of ether oxygens (including phenoxy) is 2. The maximum atomic E-state index is 12.6. The molecule has 3 rings (SSSR count). The molecule has 2 heterocycles. The molecule has 0 spiro atoms. The summed E-state index contributed by atoms with van der Waals surface area (Å²) in [6.45, 7) is 7.05. The van der Waals surface area contributed by atoms with Gasteiger partial charge in [-0.2, -0.15) is 0 Å². The zero-order chi connectivity index (χ0) is 19.3. The van der Waals surface area contributed by atoms with Crippen LogP contribution in [0.1, 0.15) is 18.2 Å². The molecule has 0 saturated carbocycles. The van der Waals surface area contributed by atoms with Crippen molar-refractivity contribution in [1.29, 1.82) is 0 Å². The van der Waals surface area contributed by atoms with Gasteiger partial charge in [0.2, 0.25) is 16.0 Å². The maximum Gasteiger partial charge on any atom is 0.240 e. The van der Waals surface area contributed by atoms with Crippen LogP contribution in [0.3, 0.4) is 0 Å². The van der Waals surface area contributed by atoms with Crippen LogP contribution in [0.15, 0.2) is 35.4 Å². The predicted molar refractivity (Wildman–Crippen MR) is 101 cm³/mol. The fourth-order valence-corrected chi connectivity index (χ4v) is 3.84. The Bertz CT molecular complexity index is 883. The Morgan fingerprint density at radius 1 is 1.26 bits per heavy atom. The fourth-order valence-electron chi connectivity index (χ4n) is 2.76. The molecule has 1 N–H and O–H groups in total. The maximum absolute atomic E-state index is 12.6. The van der Waals surface area contributed by atoms with E-state index in [9.17, 15) is 8.42 Å². The van der Waals surface area contributed by atoms with Crippen LogP contribution >= 0.6 is 0 Å². The van der Waals surface area contributed by atoms with E-state index >= 15 is 0 Å². The van der Waals surface area contributed by atoms with E-state index in [1.807, 2.05) is 18.7 Å². The Hall–Kier alpha value is -2.23. The van der Waals surface area contributed by atoms with Gasteiger partial charge in [-0.1, -0.05) is 0 Å². The molecule has 9 heteroatoms. The highest BCUT2D eigenvalue weighted by atomic mass is 32.2. The summed E-state index contributed by atoms with van der Waals surface area (Å²) in [7, 11) is -3.65. The van der Waals surface area contributed by atoms with Crippen molar-refractivity contribution in [3.05, 3.63) is 41.7 Å². The van der Waals surface area contributed by atoms with Crippen molar-refractivity contribution >= 4 is 16.0 Å². The third-order valence-electron chi connectivity index (χ3n) is 4.19. The molecule has 1 aliphatic rings. The van der Waals surface area contributed by atoms with Gasteiger partial charge in [-0.05, 0) is 43.7 Å². The van der Waals surface area contributed by atoms with Crippen molar-refractivity contribution in [3.8, 4) is 5.75 Å². The largest absolute Gasteiger partial charge is 0.494 e. The second-order valence-corrected chi connectivity index (χ2v) is 7.90. The van der Waals surface area contributed by atoms with E-state index < -0.39 is 10.0 Å². The SMILES string of the molecule is CCOc1ccc(S(=O)(=O)NCc2ccnc(N3CCOCC3)n2)cc1C. The minimum atomic E-state index is -3.65. The molecule has 0 atom stereocenters. The summed E-state index contributed by atoms with van der Waals surface area (Å²) >= 11 is 0. The molecule has 1 fully saturated rings. The molecule has 27 heavy (non-hydrogen) atoms. The third-order valence-corrected chi connectivity index (χ3v) is 5.59. The van der Waals surface area contributed by atoms with E-state index in [4.69, 9.17) is 9.47 Å². The summed E-state index contributed by atoms with van der Waals surface area (Å²) in [6, 6.07) is 6.52. The topological polar surface area (TPSA) is 93.7 Å². The first-order valence-corrected chi connectivity index (χ1v) is 10.4. The number of hydrogen-bond donors (Lipinski definition) is 1. The Morgan fingerprint density at radius 2 is 2.04 bits per heavy atom. The van der Waals surface area contributed by atoms with Crippen LogP contribution in [0.2, 0.25) is 0 Å². The van der Waals surface area contributed by atoms with Gasteiger partial charge in [0, 0.05) is 19.3 Å². The molecule has 8 nitrogen and oxygen atoms in total. The second kappa shape index (κ2) is 8.64. The number of aryl methyl sites for hydroxylation is 1. The van der Waals surface area contributed by atoms with E-state index in [1.165, 1.54) is 0 Å². The molecule has 1 saturated heterocycles. The molecular weight excluding hydrogens is 368 g/mol. The van der Waals surface area contributed by atoms with Gasteiger partial charge < -0.3 is 14.4 Å². The lowest BCUT2D eigenvalue weighted by Gasteiger charge is -2.26. The first-order valence-electron chi connectivity index (χ1n) is 8.87. The van der Waals surface area contributed by atoms with Crippen LogP contribution in [-0.4, -0.2) is 51.3 Å². The molecule has 0 radical (unpaired) electrons. The number of anilines is 1. The summed E-state index contributed by atoms with van der Waals surface area (Å²) in [4.78, 5) is 11.0. The summed E-state index contributed by atoms with van der Waals surface area (Å²) in [5, 5.41) is 0. The number of hydrogen-bond acceptors (Lipinski definition) is 7. The molecular formula is C18H24N4O4S. The lowest BCUT2D eigenvalue weighted by Crippen LogP contribution is -2.37. The molecule has 1 aromatic heterocycles. The lowest BCUT2D eigenvalue weighted by molar-refractivity contribution is 0.122. The van der Waals surface area contributed by atoms with Crippen molar-refractivity contribution in [2.24, 2.45) is 0 Å². The number of aromatic nitrogens is 2. The van der Waals surface area contributed by atoms with Crippen LogP contribution in [0.5, 0.6) is 5.75 Å². The second-order valence-electron chi connectivity index (χ2n) is 6.13. The first kappa shape index (κ1) is 19.5. The molecule has 0 unspecified atom stereocenters. The zero-order valence-corrected chi connectivity index (χ0v) is 16.3. The zero-order valence-electron chi connectivity index (χ0n) is 15.5. The summed E-state index contributed by atoms with van der Waals surface area (Å²) in [6.07, 6.45) is 1.64. The quantitative estimate of drug-likeness (QED) is 0.763. The minimum absolute atomic E-state index is 0.0917. The highest BCUT2D eigenvalue weighted by Crippen LogP contribution is 2.22. The number of rotatable bonds is 7. The minimum Gasteiger partial charge on any atom is -0.494 e. The molecule has 0 bridgehead atoms. The Balaban J connectivity index is 1.69. The number of morpholine rings is 1. The molecule has 1 aliphatic heterocycles. The van der Waals surface area contributed by atoms with Crippen LogP contribution in [0.25, 0.3) is 0 Å². The van der Waals surface area contributed by atoms with Crippen molar-refractivity contribution in [2.75, 3.05) is 37.8 Å². The Labute approximate surface area is 159 Å². The van der Waals surface area contributed by atoms with E-state index in [0.717, 1.165) is 18.7 Å². The molecule has 2 aromatic rings. The van der Waals surface area contributed by atoms with Crippen LogP contribution in [0, 0.1) is 6.92 Å². The average Bonchev–Trinajstić information content (AvgIpc) is 2.69. The summed E-state index contributed by atoms with van der Waals surface area (Å²) < 4.78 is 38.6. The molecule has 0 amide bonds. The van der Waals surface area contributed by atoms with Gasteiger partial charge in [0.1, 0.15) is 5.75 Å². The standard InChI is InChI=1S/C18H24N4O4S/c1-3-26-17-5-4-16(12-14(17)2)27(23,24)20-13-15-6-7-19-18(21-15)22-8-10-25-11-9-22/h4-7,12,20H,3,8-11,13H2,1-2H3. The van der Waals surface area contributed by atoms with Crippen LogP contribution in [0.4, 0.5) is 5.95 Å². The number of nitrogens with one attached hydrogen (secondary N) is 1. The molecule has 1 aromatic carbocycles. The fraction of sp³-hybridized carbons (Fsp3) is 0.444. The lowest BCUT2D eigenvalue weighted by atomic mass is 10.2. The van der Waals surface area contributed by atoms with Crippen molar-refractivity contribution in [2.45, 2.75) is 25.3 Å². The van der Waals surface area contributed by atoms with E-state index in [1.54, 1.807) is 30.5 Å². The van der Waals surface area contributed by atoms with Gasteiger partial charge in [0.15, 0.2) is 0 Å².